The number of hydrogen-bond acceptors (Lipinski definition) is 5. The van der Waals surface area contributed by atoms with E-state index in [2.05, 4.69) is 45.7 Å². The molecule has 0 saturated carbocycles. The van der Waals surface area contributed by atoms with Crippen LogP contribution in [-0.2, 0) is 6.54 Å². The van der Waals surface area contributed by atoms with E-state index < -0.39 is 0 Å². The van der Waals surface area contributed by atoms with Crippen molar-refractivity contribution in [2.24, 2.45) is 5.92 Å². The molecule has 4 aromatic rings. The maximum Gasteiger partial charge on any atom is 0.253 e. The molecule has 3 heterocycles. The summed E-state index contributed by atoms with van der Waals surface area (Å²) in [6, 6.07) is 11.8. The lowest BCUT2D eigenvalue weighted by atomic mass is 9.96. The number of carbonyl (C=O) groups is 1. The van der Waals surface area contributed by atoms with E-state index >= 15 is 0 Å². The van der Waals surface area contributed by atoms with Gasteiger partial charge in [-0.05, 0) is 68.0 Å². The highest BCUT2D eigenvalue weighted by atomic mass is 16.5. The fourth-order valence-corrected chi connectivity index (χ4v) is 4.42. The number of nitrogens with zero attached hydrogens (tertiary/aromatic N) is 5. The molecule has 7 nitrogen and oxygen atoms in total. The highest BCUT2D eigenvalue weighted by Gasteiger charge is 2.24. The van der Waals surface area contributed by atoms with E-state index in [1.807, 2.05) is 35.5 Å². The molecule has 2 aromatic heterocycles. The van der Waals surface area contributed by atoms with E-state index in [-0.39, 0.29) is 5.91 Å². The quantitative estimate of drug-likeness (QED) is 0.475. The molecule has 0 spiro atoms. The lowest BCUT2D eigenvalue weighted by Crippen LogP contribution is -2.39. The first-order valence-corrected chi connectivity index (χ1v) is 11.1. The second-order valence-corrected chi connectivity index (χ2v) is 8.77. The van der Waals surface area contributed by atoms with Gasteiger partial charge in [0.25, 0.3) is 5.91 Å². The van der Waals surface area contributed by atoms with Gasteiger partial charge < -0.3 is 14.0 Å². The largest absolute Gasteiger partial charge is 0.339 e. The molecule has 1 saturated heterocycles. The molecule has 0 atom stereocenters. The number of likely N-dealkylation sites (tertiary alicyclic amines) is 1. The summed E-state index contributed by atoms with van der Waals surface area (Å²) in [5, 5.41) is 3.93. The minimum atomic E-state index is 0.0819. The molecule has 7 heteroatoms. The van der Waals surface area contributed by atoms with Gasteiger partial charge in [-0.3, -0.25) is 4.79 Å². The first kappa shape index (κ1) is 20.4. The van der Waals surface area contributed by atoms with Crippen molar-refractivity contribution >= 4 is 16.9 Å². The van der Waals surface area contributed by atoms with Gasteiger partial charge in [0.1, 0.15) is 0 Å². The SMILES string of the molecule is Cc1nc(-c2ccc(C(=O)N3CCC(Cn4cnc5cc(C)c(C)cc54)CC3)cc2)no1. The van der Waals surface area contributed by atoms with Crippen molar-refractivity contribution < 1.29 is 9.32 Å². The van der Waals surface area contributed by atoms with Crippen LogP contribution in [0.1, 0.15) is 40.2 Å². The lowest BCUT2D eigenvalue weighted by Gasteiger charge is -2.32. The van der Waals surface area contributed by atoms with Crippen LogP contribution in [0.5, 0.6) is 0 Å². The van der Waals surface area contributed by atoms with Crippen LogP contribution in [0.3, 0.4) is 0 Å². The van der Waals surface area contributed by atoms with E-state index in [1.165, 1.54) is 16.6 Å². The van der Waals surface area contributed by atoms with Crippen LogP contribution in [0.15, 0.2) is 47.2 Å². The van der Waals surface area contributed by atoms with Crippen molar-refractivity contribution in [1.29, 1.82) is 0 Å². The minimum Gasteiger partial charge on any atom is -0.339 e. The van der Waals surface area contributed by atoms with Gasteiger partial charge in [-0.15, -0.1) is 0 Å². The van der Waals surface area contributed by atoms with E-state index in [1.54, 1.807) is 6.92 Å². The van der Waals surface area contributed by atoms with Gasteiger partial charge in [0.15, 0.2) is 0 Å². The van der Waals surface area contributed by atoms with Crippen LogP contribution in [-0.4, -0.2) is 43.6 Å². The standard InChI is InChI=1S/C25H27N5O2/c1-16-12-22-23(13-17(16)2)30(15-26-22)14-19-8-10-29(11-9-19)25(31)21-6-4-20(5-7-21)24-27-18(3)32-28-24/h4-7,12-13,15,19H,8-11,14H2,1-3H3. The molecule has 0 N–H and O–H groups in total. The Morgan fingerprint density at radius 1 is 1.06 bits per heavy atom. The topological polar surface area (TPSA) is 77.1 Å². The Bertz CT molecular complexity index is 1260. The number of benzene rings is 2. The summed E-state index contributed by atoms with van der Waals surface area (Å²) in [5.41, 5.74) is 6.35. The summed E-state index contributed by atoms with van der Waals surface area (Å²) in [7, 11) is 0. The Labute approximate surface area is 187 Å². The predicted octanol–water partition coefficient (Wildman–Crippen LogP) is 4.56. The van der Waals surface area contributed by atoms with Crippen molar-refractivity contribution in [1.82, 2.24) is 24.6 Å². The molecule has 1 aliphatic heterocycles. The number of imidazole rings is 1. The maximum atomic E-state index is 13.0. The fourth-order valence-electron chi connectivity index (χ4n) is 4.42. The first-order valence-electron chi connectivity index (χ1n) is 11.1. The summed E-state index contributed by atoms with van der Waals surface area (Å²) in [6.07, 6.45) is 3.95. The zero-order chi connectivity index (χ0) is 22.2. The molecule has 1 fully saturated rings. The summed E-state index contributed by atoms with van der Waals surface area (Å²) < 4.78 is 7.30. The number of aryl methyl sites for hydroxylation is 3. The molecule has 164 valence electrons. The molecule has 1 aliphatic rings. The van der Waals surface area contributed by atoms with Gasteiger partial charge >= 0.3 is 0 Å². The Morgan fingerprint density at radius 3 is 2.47 bits per heavy atom. The normalized spacial score (nSPS) is 14.9. The van der Waals surface area contributed by atoms with Crippen LogP contribution in [0, 0.1) is 26.7 Å². The van der Waals surface area contributed by atoms with Crippen LogP contribution in [0.4, 0.5) is 0 Å². The molecule has 5 rings (SSSR count). The number of carbonyl (C=O) groups excluding carboxylic acids is 1. The Balaban J connectivity index is 1.21. The minimum absolute atomic E-state index is 0.0819. The Kier molecular flexibility index (Phi) is 5.25. The molecular formula is C25H27N5O2. The monoisotopic (exact) mass is 429 g/mol. The van der Waals surface area contributed by atoms with Gasteiger partial charge in [0.2, 0.25) is 11.7 Å². The van der Waals surface area contributed by atoms with Gasteiger partial charge in [-0.1, -0.05) is 17.3 Å². The van der Waals surface area contributed by atoms with Crippen LogP contribution >= 0.6 is 0 Å². The molecule has 1 amide bonds. The number of amides is 1. The summed E-state index contributed by atoms with van der Waals surface area (Å²) in [4.78, 5) is 23.8. The average molecular weight is 430 g/mol. The summed E-state index contributed by atoms with van der Waals surface area (Å²) in [5.74, 6) is 1.69. The highest BCUT2D eigenvalue weighted by molar-refractivity contribution is 5.94. The zero-order valence-corrected chi connectivity index (χ0v) is 18.7. The molecule has 0 unspecified atom stereocenters. The van der Waals surface area contributed by atoms with Crippen molar-refractivity contribution in [2.45, 2.75) is 40.2 Å². The second-order valence-electron chi connectivity index (χ2n) is 8.77. The summed E-state index contributed by atoms with van der Waals surface area (Å²) in [6.45, 7) is 8.53. The van der Waals surface area contributed by atoms with E-state index in [4.69, 9.17) is 4.52 Å². The van der Waals surface area contributed by atoms with E-state index in [0.29, 0.717) is 23.2 Å². The first-order chi connectivity index (χ1) is 15.5. The number of piperidine rings is 1. The van der Waals surface area contributed by atoms with Gasteiger partial charge in [0.05, 0.1) is 17.4 Å². The maximum absolute atomic E-state index is 13.0. The molecule has 0 aliphatic carbocycles. The fraction of sp³-hybridized carbons (Fsp3) is 0.360. The Morgan fingerprint density at radius 2 is 1.78 bits per heavy atom. The van der Waals surface area contributed by atoms with Crippen molar-refractivity contribution in [2.75, 3.05) is 13.1 Å². The second kappa shape index (κ2) is 8.22. The Hall–Kier alpha value is -3.48. The molecular weight excluding hydrogens is 402 g/mol. The van der Waals surface area contributed by atoms with Gasteiger partial charge in [-0.2, -0.15) is 4.98 Å². The van der Waals surface area contributed by atoms with Gasteiger partial charge in [-0.25, -0.2) is 4.98 Å². The predicted molar refractivity (Wildman–Crippen MR) is 122 cm³/mol. The molecule has 0 radical (unpaired) electrons. The number of aromatic nitrogens is 4. The van der Waals surface area contributed by atoms with Crippen molar-refractivity contribution in [3.63, 3.8) is 0 Å². The third kappa shape index (κ3) is 3.90. The number of fused-ring (bicyclic) bond motifs is 1. The average Bonchev–Trinajstić information content (AvgIpc) is 3.40. The third-order valence-corrected chi connectivity index (χ3v) is 6.51. The van der Waals surface area contributed by atoms with Gasteiger partial charge in [0, 0.05) is 37.7 Å². The molecule has 2 aromatic carbocycles. The lowest BCUT2D eigenvalue weighted by molar-refractivity contribution is 0.0683. The summed E-state index contributed by atoms with van der Waals surface area (Å²) >= 11 is 0. The van der Waals surface area contributed by atoms with E-state index in [9.17, 15) is 4.79 Å². The van der Waals surface area contributed by atoms with Crippen LogP contribution in [0.25, 0.3) is 22.4 Å². The number of rotatable bonds is 4. The zero-order valence-electron chi connectivity index (χ0n) is 18.7. The van der Waals surface area contributed by atoms with Crippen LogP contribution in [0.2, 0.25) is 0 Å². The number of hydrogen-bond donors (Lipinski definition) is 0. The van der Waals surface area contributed by atoms with E-state index in [0.717, 1.165) is 43.6 Å². The van der Waals surface area contributed by atoms with Crippen molar-refractivity contribution in [3.8, 4) is 11.4 Å². The molecule has 32 heavy (non-hydrogen) atoms. The smallest absolute Gasteiger partial charge is 0.253 e. The van der Waals surface area contributed by atoms with Crippen LogP contribution < -0.4 is 0 Å². The highest BCUT2D eigenvalue weighted by Crippen LogP contribution is 2.25. The van der Waals surface area contributed by atoms with Crippen molar-refractivity contribution in [3.05, 3.63) is 65.3 Å². The molecule has 0 bridgehead atoms. The third-order valence-electron chi connectivity index (χ3n) is 6.51.